The van der Waals surface area contributed by atoms with Crippen LogP contribution in [0.4, 0.5) is 8.78 Å². The van der Waals surface area contributed by atoms with Gasteiger partial charge in [-0.3, -0.25) is 0 Å². The van der Waals surface area contributed by atoms with E-state index in [1.807, 2.05) is 0 Å². The van der Waals surface area contributed by atoms with Gasteiger partial charge >= 0.3 is 0 Å². The quantitative estimate of drug-likeness (QED) is 0.764. The van der Waals surface area contributed by atoms with E-state index < -0.39 is 32.0 Å². The molecule has 7 nitrogen and oxygen atoms in total. The van der Waals surface area contributed by atoms with Gasteiger partial charge < -0.3 is 5.73 Å². The number of aromatic nitrogens is 2. The van der Waals surface area contributed by atoms with E-state index in [0.29, 0.717) is 0 Å². The second kappa shape index (κ2) is 7.28. The second-order valence-corrected chi connectivity index (χ2v) is 10.4. The standard InChI is InChI=1S/C19H20ClF2N5O2S/c1-18(2)19(3,26-17(23)27(4)30(18,28)29)12-7-11(5-6-13(12)21)8-14(22)15-9-25-16(20)10-24-15/h5-10H,1-4H3,(H2,23,26). The predicted molar refractivity (Wildman–Crippen MR) is 112 cm³/mol. The minimum atomic E-state index is -3.95. The molecule has 1 aromatic carbocycles. The minimum absolute atomic E-state index is 0.0316. The molecule has 1 atom stereocenters. The van der Waals surface area contributed by atoms with Crippen molar-refractivity contribution in [2.45, 2.75) is 31.1 Å². The number of sulfonamides is 1. The second-order valence-electron chi connectivity index (χ2n) is 7.48. The third-order valence-corrected chi connectivity index (χ3v) is 8.30. The Morgan fingerprint density at radius 1 is 1.23 bits per heavy atom. The van der Waals surface area contributed by atoms with Gasteiger partial charge in [0.1, 0.15) is 27.0 Å². The lowest BCUT2D eigenvalue weighted by molar-refractivity contribution is 0.327. The Kier molecular flexibility index (Phi) is 5.36. The molecule has 3 rings (SSSR count). The van der Waals surface area contributed by atoms with E-state index in [1.165, 1.54) is 46.1 Å². The molecule has 1 aromatic heterocycles. The summed E-state index contributed by atoms with van der Waals surface area (Å²) in [7, 11) is -2.67. The van der Waals surface area contributed by atoms with Crippen molar-refractivity contribution in [3.63, 3.8) is 0 Å². The maximum absolute atomic E-state index is 14.9. The smallest absolute Gasteiger partial charge is 0.245 e. The first-order valence-electron chi connectivity index (χ1n) is 8.80. The fourth-order valence-electron chi connectivity index (χ4n) is 3.20. The Bertz CT molecular complexity index is 1170. The molecule has 0 aliphatic carbocycles. The third-order valence-electron chi connectivity index (χ3n) is 5.51. The number of hydrogen-bond donors (Lipinski definition) is 1. The Morgan fingerprint density at radius 2 is 1.90 bits per heavy atom. The van der Waals surface area contributed by atoms with E-state index in [4.69, 9.17) is 17.3 Å². The van der Waals surface area contributed by atoms with Crippen LogP contribution in [0.15, 0.2) is 35.6 Å². The fourth-order valence-corrected chi connectivity index (χ4v) is 4.92. The van der Waals surface area contributed by atoms with Gasteiger partial charge in [-0.1, -0.05) is 17.7 Å². The third kappa shape index (κ3) is 3.33. The van der Waals surface area contributed by atoms with Gasteiger partial charge in [0.2, 0.25) is 16.0 Å². The molecule has 11 heteroatoms. The first kappa shape index (κ1) is 22.1. The molecule has 0 bridgehead atoms. The molecule has 30 heavy (non-hydrogen) atoms. The number of nitrogens with zero attached hydrogens (tertiary/aromatic N) is 4. The van der Waals surface area contributed by atoms with E-state index in [2.05, 4.69) is 15.0 Å². The van der Waals surface area contributed by atoms with Crippen LogP contribution in [0.1, 0.15) is 37.6 Å². The summed E-state index contributed by atoms with van der Waals surface area (Å²) in [4.78, 5) is 11.9. The maximum Gasteiger partial charge on any atom is 0.245 e. The van der Waals surface area contributed by atoms with Crippen molar-refractivity contribution in [2.75, 3.05) is 7.05 Å². The van der Waals surface area contributed by atoms with Gasteiger partial charge in [0, 0.05) is 12.6 Å². The van der Waals surface area contributed by atoms with Gasteiger partial charge in [-0.25, -0.2) is 36.5 Å². The van der Waals surface area contributed by atoms with Gasteiger partial charge in [-0.2, -0.15) is 0 Å². The van der Waals surface area contributed by atoms with Gasteiger partial charge in [-0.15, -0.1) is 0 Å². The lowest BCUT2D eigenvalue weighted by Gasteiger charge is -2.46. The highest BCUT2D eigenvalue weighted by molar-refractivity contribution is 7.91. The SMILES string of the molecule is CN1C(N)=NC(C)(c2cc(C=C(F)c3cnc(Cl)cn3)ccc2F)C(C)(C)S1(=O)=O. The van der Waals surface area contributed by atoms with E-state index >= 15 is 0 Å². The molecular weight excluding hydrogens is 436 g/mol. The summed E-state index contributed by atoms with van der Waals surface area (Å²) < 4.78 is 54.7. The first-order chi connectivity index (χ1) is 13.8. The minimum Gasteiger partial charge on any atom is -0.369 e. The number of aliphatic imine (C=N–C) groups is 1. The van der Waals surface area contributed by atoms with Crippen molar-refractivity contribution in [2.24, 2.45) is 10.7 Å². The highest BCUT2D eigenvalue weighted by atomic mass is 35.5. The van der Waals surface area contributed by atoms with Crippen LogP contribution in [0.3, 0.4) is 0 Å². The Balaban J connectivity index is 2.16. The Morgan fingerprint density at radius 3 is 2.50 bits per heavy atom. The van der Waals surface area contributed by atoms with Crippen molar-refractivity contribution in [1.29, 1.82) is 0 Å². The number of hydrogen-bond acceptors (Lipinski definition) is 6. The molecule has 1 aliphatic heterocycles. The highest BCUT2D eigenvalue weighted by Gasteiger charge is 2.57. The number of benzene rings is 1. The number of guanidine groups is 1. The van der Waals surface area contributed by atoms with Crippen LogP contribution in [-0.4, -0.2) is 40.4 Å². The molecule has 1 aliphatic rings. The monoisotopic (exact) mass is 455 g/mol. The van der Waals surface area contributed by atoms with Crippen molar-refractivity contribution in [1.82, 2.24) is 14.3 Å². The molecule has 2 heterocycles. The van der Waals surface area contributed by atoms with Gasteiger partial charge in [-0.05, 0) is 44.5 Å². The number of nitrogens with two attached hydrogens (primary N) is 1. The molecular formula is C19H20ClF2N5O2S. The molecule has 2 aromatic rings. The van der Waals surface area contributed by atoms with E-state index in [0.717, 1.165) is 22.6 Å². The average Bonchev–Trinajstić information content (AvgIpc) is 2.67. The lowest BCUT2D eigenvalue weighted by Crippen LogP contribution is -2.62. The summed E-state index contributed by atoms with van der Waals surface area (Å²) in [5, 5.41) is 0.115. The first-order valence-corrected chi connectivity index (χ1v) is 10.6. The highest BCUT2D eigenvalue weighted by Crippen LogP contribution is 2.46. The fraction of sp³-hybridized carbons (Fsp3) is 0.316. The zero-order chi connectivity index (χ0) is 22.5. The average molecular weight is 456 g/mol. The lowest BCUT2D eigenvalue weighted by atomic mass is 9.80. The van der Waals surface area contributed by atoms with Crippen LogP contribution in [0.2, 0.25) is 5.15 Å². The van der Waals surface area contributed by atoms with Crippen LogP contribution in [0.5, 0.6) is 0 Å². The summed E-state index contributed by atoms with van der Waals surface area (Å²) in [5.41, 5.74) is 4.45. The molecule has 0 amide bonds. The van der Waals surface area contributed by atoms with E-state index in [9.17, 15) is 17.2 Å². The van der Waals surface area contributed by atoms with Crippen molar-refractivity contribution in [3.8, 4) is 0 Å². The van der Waals surface area contributed by atoms with E-state index in [-0.39, 0.29) is 27.9 Å². The van der Waals surface area contributed by atoms with Crippen LogP contribution in [0.25, 0.3) is 11.9 Å². The molecule has 2 N–H and O–H groups in total. The van der Waals surface area contributed by atoms with Gasteiger partial charge in [0.25, 0.3) is 0 Å². The summed E-state index contributed by atoms with van der Waals surface area (Å²) in [6.45, 7) is 4.37. The van der Waals surface area contributed by atoms with Crippen LogP contribution < -0.4 is 5.73 Å². The normalized spacial score (nSPS) is 23.2. The Labute approximate surface area is 178 Å². The van der Waals surface area contributed by atoms with Crippen molar-refractivity contribution >= 4 is 39.5 Å². The topological polar surface area (TPSA) is 102 Å². The summed E-state index contributed by atoms with van der Waals surface area (Å²) in [6.07, 6.45) is 3.50. The molecule has 0 spiro atoms. The van der Waals surface area contributed by atoms with Gasteiger partial charge in [0.05, 0.1) is 12.4 Å². The molecule has 0 radical (unpaired) electrons. The zero-order valence-electron chi connectivity index (χ0n) is 16.7. The zero-order valence-corrected chi connectivity index (χ0v) is 18.3. The van der Waals surface area contributed by atoms with Crippen LogP contribution in [0, 0.1) is 5.82 Å². The van der Waals surface area contributed by atoms with Crippen molar-refractivity contribution < 1.29 is 17.2 Å². The maximum atomic E-state index is 14.9. The number of halogens is 3. The molecule has 0 saturated carbocycles. The molecule has 160 valence electrons. The van der Waals surface area contributed by atoms with Crippen LogP contribution >= 0.6 is 11.6 Å². The molecule has 1 unspecified atom stereocenters. The molecule has 0 saturated heterocycles. The molecule has 0 fully saturated rings. The number of rotatable bonds is 3. The Hall–Kier alpha value is -2.59. The predicted octanol–water partition coefficient (Wildman–Crippen LogP) is 3.32. The largest absolute Gasteiger partial charge is 0.369 e. The van der Waals surface area contributed by atoms with Crippen molar-refractivity contribution in [3.05, 3.63) is 58.4 Å². The van der Waals surface area contributed by atoms with Crippen LogP contribution in [-0.2, 0) is 15.6 Å². The summed E-state index contributed by atoms with van der Waals surface area (Å²) in [5.74, 6) is -1.68. The van der Waals surface area contributed by atoms with E-state index in [1.54, 1.807) is 0 Å². The summed E-state index contributed by atoms with van der Waals surface area (Å²) >= 11 is 5.66. The van der Waals surface area contributed by atoms with Gasteiger partial charge in [0.15, 0.2) is 5.83 Å². The summed E-state index contributed by atoms with van der Waals surface area (Å²) in [6, 6.07) is 3.83.